The van der Waals surface area contributed by atoms with Crippen LogP contribution in [0.4, 0.5) is 5.69 Å². The molecule has 1 aromatic carbocycles. The molecule has 19 heavy (non-hydrogen) atoms. The molecule has 0 radical (unpaired) electrons. The summed E-state index contributed by atoms with van der Waals surface area (Å²) >= 11 is 5.45. The minimum atomic E-state index is -0.472. The van der Waals surface area contributed by atoms with Gasteiger partial charge < -0.3 is 11.1 Å². The van der Waals surface area contributed by atoms with E-state index in [1.807, 2.05) is 24.3 Å². The summed E-state index contributed by atoms with van der Waals surface area (Å²) in [7, 11) is 9.75. The van der Waals surface area contributed by atoms with E-state index >= 15 is 0 Å². The van der Waals surface area contributed by atoms with Crippen molar-refractivity contribution in [3.05, 3.63) is 35.5 Å². The number of benzene rings is 1. The molecule has 0 atom stereocenters. The van der Waals surface area contributed by atoms with Gasteiger partial charge in [-0.05, 0) is 37.2 Å². The fourth-order valence-electron chi connectivity index (χ4n) is 1.60. The number of pyridine rings is 1. The van der Waals surface area contributed by atoms with Gasteiger partial charge in [0, 0.05) is 28.8 Å². The Morgan fingerprint density at radius 3 is 2.68 bits per heavy atom. The summed E-state index contributed by atoms with van der Waals surface area (Å²) in [5, 5.41) is 5.14. The monoisotopic (exact) mass is 500 g/mol. The Morgan fingerprint density at radius 2 is 2.00 bits per heavy atom. The van der Waals surface area contributed by atoms with Gasteiger partial charge in [-0.3, -0.25) is 4.98 Å². The first kappa shape index (κ1) is 17.0. The molecule has 0 aliphatic rings. The van der Waals surface area contributed by atoms with Gasteiger partial charge in [0.15, 0.2) is 0 Å². The van der Waals surface area contributed by atoms with Crippen LogP contribution in [0.2, 0.25) is 5.02 Å². The molecule has 108 valence electrons. The van der Waals surface area contributed by atoms with Crippen molar-refractivity contribution in [1.29, 1.82) is 0 Å². The number of nitrogens with one attached hydrogen (secondary N) is 1. The van der Waals surface area contributed by atoms with E-state index in [2.05, 4.69) is 10.3 Å². The SMILES string of the molecule is NCCCNc1ccnc2cc(Cl)ccc12.[Cl][Pt][Cl]. The second-order valence-corrected chi connectivity index (χ2v) is 7.35. The van der Waals surface area contributed by atoms with E-state index in [-0.39, 0.29) is 0 Å². The van der Waals surface area contributed by atoms with Crippen LogP contribution in [-0.2, 0) is 16.5 Å². The van der Waals surface area contributed by atoms with Crippen molar-refractivity contribution >= 4 is 47.0 Å². The summed E-state index contributed by atoms with van der Waals surface area (Å²) in [5.41, 5.74) is 7.44. The zero-order valence-corrected chi connectivity index (χ0v) is 14.5. The maximum atomic E-state index is 5.92. The molecule has 2 aromatic rings. The second kappa shape index (κ2) is 9.79. The first-order valence-electron chi connectivity index (χ1n) is 5.53. The molecule has 3 N–H and O–H groups in total. The minimum absolute atomic E-state index is 0.472. The molecule has 0 saturated carbocycles. The van der Waals surface area contributed by atoms with Crippen molar-refractivity contribution in [2.75, 3.05) is 18.4 Å². The molecule has 0 saturated heterocycles. The Balaban J connectivity index is 0.000000550. The summed E-state index contributed by atoms with van der Waals surface area (Å²) < 4.78 is 0. The topological polar surface area (TPSA) is 50.9 Å². The summed E-state index contributed by atoms with van der Waals surface area (Å²) in [6, 6.07) is 7.69. The standard InChI is InChI=1S/C12H14ClN3.2ClH.Pt/c13-9-2-3-10-11(15-6-1-5-14)4-7-16-12(10)8-9;;;/h2-4,7-8H,1,5-6,14H2,(H,15,16);2*1H;/q;;;+2/p-2. The van der Waals surface area contributed by atoms with Gasteiger partial charge in [-0.15, -0.1) is 0 Å². The number of nitrogens with two attached hydrogens (primary N) is 1. The molecular formula is C12H14Cl3N3Pt. The number of hydrogen-bond donors (Lipinski definition) is 2. The van der Waals surface area contributed by atoms with Crippen LogP contribution >= 0.6 is 30.4 Å². The number of hydrogen-bond acceptors (Lipinski definition) is 3. The van der Waals surface area contributed by atoms with E-state index in [1.165, 1.54) is 0 Å². The van der Waals surface area contributed by atoms with Crippen LogP contribution in [0.15, 0.2) is 30.5 Å². The van der Waals surface area contributed by atoms with Gasteiger partial charge in [0.05, 0.1) is 5.52 Å². The second-order valence-electron chi connectivity index (χ2n) is 3.63. The number of aromatic nitrogens is 1. The number of halogens is 3. The molecule has 0 aliphatic heterocycles. The Bertz CT molecular complexity index is 511. The number of anilines is 1. The molecule has 1 aromatic heterocycles. The molecule has 1 heterocycles. The number of rotatable bonds is 4. The van der Waals surface area contributed by atoms with Gasteiger partial charge in [-0.25, -0.2) is 0 Å². The van der Waals surface area contributed by atoms with Crippen LogP contribution in [0.3, 0.4) is 0 Å². The molecule has 2 rings (SSSR count). The van der Waals surface area contributed by atoms with Gasteiger partial charge in [0.1, 0.15) is 0 Å². The first-order chi connectivity index (χ1) is 9.22. The third kappa shape index (κ3) is 5.84. The molecule has 0 aliphatic carbocycles. The zero-order chi connectivity index (χ0) is 14.1. The molecule has 0 bridgehead atoms. The van der Waals surface area contributed by atoms with Gasteiger partial charge in [-0.2, -0.15) is 0 Å². The first-order valence-corrected chi connectivity index (χ1v) is 11.5. The molecule has 0 spiro atoms. The van der Waals surface area contributed by atoms with E-state index in [9.17, 15) is 0 Å². The predicted molar refractivity (Wildman–Crippen MR) is 80.6 cm³/mol. The van der Waals surface area contributed by atoms with Crippen LogP contribution in [0.1, 0.15) is 6.42 Å². The average molecular weight is 502 g/mol. The summed E-state index contributed by atoms with van der Waals surface area (Å²) in [4.78, 5) is 4.28. The maximum absolute atomic E-state index is 5.92. The summed E-state index contributed by atoms with van der Waals surface area (Å²) in [6.45, 7) is 1.57. The van der Waals surface area contributed by atoms with Gasteiger partial charge in [-0.1, -0.05) is 11.6 Å². The zero-order valence-electron chi connectivity index (χ0n) is 9.98. The fourth-order valence-corrected chi connectivity index (χ4v) is 1.77. The molecular weight excluding hydrogens is 488 g/mol. The van der Waals surface area contributed by atoms with E-state index in [0.717, 1.165) is 29.6 Å². The van der Waals surface area contributed by atoms with Crippen LogP contribution in [0.5, 0.6) is 0 Å². The normalized spacial score (nSPS) is 10.1. The Hall–Kier alpha value is -0.0517. The van der Waals surface area contributed by atoms with Crippen molar-refractivity contribution in [1.82, 2.24) is 4.98 Å². The molecule has 3 nitrogen and oxygen atoms in total. The summed E-state index contributed by atoms with van der Waals surface area (Å²) in [6.07, 6.45) is 2.74. The van der Waals surface area contributed by atoms with Crippen LogP contribution < -0.4 is 11.1 Å². The summed E-state index contributed by atoms with van der Waals surface area (Å²) in [5.74, 6) is 0. The molecule has 7 heteroatoms. The molecule has 0 unspecified atom stereocenters. The molecule has 0 amide bonds. The average Bonchev–Trinajstić information content (AvgIpc) is 2.39. The van der Waals surface area contributed by atoms with Crippen molar-refractivity contribution in [3.63, 3.8) is 0 Å². The van der Waals surface area contributed by atoms with Crippen LogP contribution in [0, 0.1) is 0 Å². The Kier molecular flexibility index (Phi) is 8.76. The van der Waals surface area contributed by atoms with E-state index in [4.69, 9.17) is 36.2 Å². The van der Waals surface area contributed by atoms with Crippen LogP contribution in [0.25, 0.3) is 10.9 Å². The number of fused-ring (bicyclic) bond motifs is 1. The third-order valence-electron chi connectivity index (χ3n) is 2.40. The fraction of sp³-hybridized carbons (Fsp3) is 0.250. The van der Waals surface area contributed by atoms with Crippen molar-refractivity contribution in [3.8, 4) is 0 Å². The van der Waals surface area contributed by atoms with Gasteiger partial charge >= 0.3 is 35.3 Å². The van der Waals surface area contributed by atoms with Crippen molar-refractivity contribution < 1.29 is 16.5 Å². The third-order valence-corrected chi connectivity index (χ3v) is 2.64. The Labute approximate surface area is 134 Å². The van der Waals surface area contributed by atoms with E-state index < -0.39 is 16.5 Å². The number of nitrogens with zero attached hydrogens (tertiary/aromatic N) is 1. The van der Waals surface area contributed by atoms with Crippen molar-refractivity contribution in [2.45, 2.75) is 6.42 Å². The molecule has 0 fully saturated rings. The Morgan fingerprint density at radius 1 is 1.26 bits per heavy atom. The quantitative estimate of drug-likeness (QED) is 0.622. The van der Waals surface area contributed by atoms with Crippen molar-refractivity contribution in [2.24, 2.45) is 5.73 Å². The van der Waals surface area contributed by atoms with Gasteiger partial charge in [0.2, 0.25) is 0 Å². The predicted octanol–water partition coefficient (Wildman–Crippen LogP) is 4.03. The van der Waals surface area contributed by atoms with E-state index in [0.29, 0.717) is 11.6 Å². The van der Waals surface area contributed by atoms with Crippen LogP contribution in [-0.4, -0.2) is 18.1 Å². The van der Waals surface area contributed by atoms with E-state index in [1.54, 1.807) is 6.20 Å². The van der Waals surface area contributed by atoms with Gasteiger partial charge in [0.25, 0.3) is 0 Å².